The van der Waals surface area contributed by atoms with E-state index in [1.807, 2.05) is 30.3 Å². The van der Waals surface area contributed by atoms with Crippen molar-refractivity contribution in [3.8, 4) is 0 Å². The normalized spacial score (nSPS) is 10.5. The number of nitrogen functional groups attached to an aromatic ring is 1. The number of benzene rings is 1. The molecular weight excluding hydrogens is 244 g/mol. The van der Waals surface area contributed by atoms with Crippen molar-refractivity contribution >= 4 is 23.9 Å². The van der Waals surface area contributed by atoms with Crippen molar-refractivity contribution in [2.45, 2.75) is 0 Å². The molecule has 0 bridgehead atoms. The highest BCUT2D eigenvalue weighted by atomic mass is 16.1. The maximum Gasteiger partial charge on any atom is 0.254 e. The summed E-state index contributed by atoms with van der Waals surface area (Å²) in [5.74, 6) is -0.466. The predicted octanol–water partition coefficient (Wildman–Crippen LogP) is 0.604. The SMILES string of the molecule is NC(=O)c1cnc(N/N=C/c2ccccc2)nc1N. The molecule has 1 aromatic heterocycles. The van der Waals surface area contributed by atoms with Gasteiger partial charge in [0.25, 0.3) is 5.91 Å². The van der Waals surface area contributed by atoms with Gasteiger partial charge >= 0.3 is 0 Å². The van der Waals surface area contributed by atoms with E-state index in [1.54, 1.807) is 6.21 Å². The number of hydrogen-bond acceptors (Lipinski definition) is 6. The molecule has 96 valence electrons. The Morgan fingerprint density at radius 2 is 2.05 bits per heavy atom. The molecule has 0 radical (unpaired) electrons. The van der Waals surface area contributed by atoms with Crippen LogP contribution >= 0.6 is 0 Å². The Hall–Kier alpha value is -2.96. The van der Waals surface area contributed by atoms with Crippen molar-refractivity contribution in [2.75, 3.05) is 11.2 Å². The number of nitrogens with zero attached hydrogens (tertiary/aromatic N) is 3. The van der Waals surface area contributed by atoms with Gasteiger partial charge in [-0.3, -0.25) is 4.79 Å². The minimum Gasteiger partial charge on any atom is -0.383 e. The number of aromatic nitrogens is 2. The number of hydrogen-bond donors (Lipinski definition) is 3. The molecule has 19 heavy (non-hydrogen) atoms. The maximum atomic E-state index is 10.9. The first kappa shape index (κ1) is 12.5. The van der Waals surface area contributed by atoms with Crippen molar-refractivity contribution in [1.29, 1.82) is 0 Å². The van der Waals surface area contributed by atoms with E-state index in [1.165, 1.54) is 6.20 Å². The summed E-state index contributed by atoms with van der Waals surface area (Å²) in [5, 5.41) is 3.96. The first-order valence-corrected chi connectivity index (χ1v) is 5.43. The standard InChI is InChI=1S/C12H12N6O/c13-10-9(11(14)19)7-15-12(17-10)18-16-6-8-4-2-1-3-5-8/h1-7H,(H2,14,19)(H3,13,15,17,18)/b16-6+. The molecule has 0 aliphatic carbocycles. The number of anilines is 2. The molecule has 0 fully saturated rings. The van der Waals surface area contributed by atoms with E-state index in [9.17, 15) is 4.79 Å². The zero-order chi connectivity index (χ0) is 13.7. The summed E-state index contributed by atoms with van der Waals surface area (Å²) in [6, 6.07) is 9.51. The third-order valence-electron chi connectivity index (χ3n) is 2.26. The van der Waals surface area contributed by atoms with Crippen LogP contribution in [0.5, 0.6) is 0 Å². The second-order valence-electron chi connectivity index (χ2n) is 3.64. The summed E-state index contributed by atoms with van der Waals surface area (Å²) in [4.78, 5) is 18.7. The third-order valence-corrected chi connectivity index (χ3v) is 2.26. The van der Waals surface area contributed by atoms with Gasteiger partial charge < -0.3 is 11.5 Å². The number of hydrazone groups is 1. The average Bonchev–Trinajstić information content (AvgIpc) is 2.39. The zero-order valence-corrected chi connectivity index (χ0v) is 9.95. The number of primary amides is 1. The molecule has 0 aliphatic heterocycles. The molecule has 2 rings (SSSR count). The summed E-state index contributed by atoms with van der Waals surface area (Å²) in [6.07, 6.45) is 2.87. The van der Waals surface area contributed by atoms with Crippen LogP contribution in [0.1, 0.15) is 15.9 Å². The second kappa shape index (κ2) is 5.58. The lowest BCUT2D eigenvalue weighted by atomic mass is 10.2. The summed E-state index contributed by atoms with van der Waals surface area (Å²) in [5.41, 5.74) is 14.3. The first-order chi connectivity index (χ1) is 9.16. The molecular formula is C12H12N6O. The van der Waals surface area contributed by atoms with Crippen molar-refractivity contribution < 1.29 is 4.79 Å². The van der Waals surface area contributed by atoms with E-state index in [2.05, 4.69) is 20.5 Å². The lowest BCUT2D eigenvalue weighted by molar-refractivity contribution is 0.100. The number of carbonyl (C=O) groups excluding carboxylic acids is 1. The molecule has 0 unspecified atom stereocenters. The van der Waals surface area contributed by atoms with E-state index < -0.39 is 5.91 Å². The quantitative estimate of drug-likeness (QED) is 0.546. The van der Waals surface area contributed by atoms with Crippen LogP contribution in [0.2, 0.25) is 0 Å². The molecule has 0 saturated heterocycles. The van der Waals surface area contributed by atoms with Gasteiger partial charge in [0, 0.05) is 6.20 Å². The topological polar surface area (TPSA) is 119 Å². The minimum absolute atomic E-state index is 0.0138. The first-order valence-electron chi connectivity index (χ1n) is 5.43. The highest BCUT2D eigenvalue weighted by Gasteiger charge is 2.08. The minimum atomic E-state index is -0.670. The van der Waals surface area contributed by atoms with Crippen LogP contribution in [0.4, 0.5) is 11.8 Å². The molecule has 2 aromatic rings. The van der Waals surface area contributed by atoms with Crippen molar-refractivity contribution in [2.24, 2.45) is 10.8 Å². The number of nitrogens with two attached hydrogens (primary N) is 2. The van der Waals surface area contributed by atoms with Gasteiger partial charge in [-0.2, -0.15) is 10.1 Å². The van der Waals surface area contributed by atoms with Crippen LogP contribution in [0.3, 0.4) is 0 Å². The lowest BCUT2D eigenvalue weighted by Crippen LogP contribution is -2.15. The number of nitrogens with one attached hydrogen (secondary N) is 1. The molecule has 7 heteroatoms. The fourth-order valence-corrected chi connectivity index (χ4v) is 1.34. The van der Waals surface area contributed by atoms with E-state index in [4.69, 9.17) is 11.5 Å². The van der Waals surface area contributed by atoms with Crippen molar-refractivity contribution in [3.05, 3.63) is 47.7 Å². The monoisotopic (exact) mass is 256 g/mol. The van der Waals surface area contributed by atoms with E-state index in [0.29, 0.717) is 0 Å². The molecule has 5 N–H and O–H groups in total. The number of amides is 1. The molecule has 0 saturated carbocycles. The van der Waals surface area contributed by atoms with Gasteiger partial charge in [0.1, 0.15) is 5.82 Å². The highest BCUT2D eigenvalue weighted by molar-refractivity contribution is 5.96. The van der Waals surface area contributed by atoms with E-state index in [0.717, 1.165) is 5.56 Å². The highest BCUT2D eigenvalue weighted by Crippen LogP contribution is 2.08. The second-order valence-corrected chi connectivity index (χ2v) is 3.64. The van der Waals surface area contributed by atoms with Gasteiger partial charge in [0.2, 0.25) is 5.95 Å². The van der Waals surface area contributed by atoms with Gasteiger partial charge in [-0.25, -0.2) is 10.4 Å². The summed E-state index contributed by atoms with van der Waals surface area (Å²) in [7, 11) is 0. The Bertz CT molecular complexity index is 611. The molecule has 0 atom stereocenters. The molecule has 0 spiro atoms. The van der Waals surface area contributed by atoms with Crippen LogP contribution in [-0.2, 0) is 0 Å². The molecule has 1 heterocycles. The van der Waals surface area contributed by atoms with Crippen LogP contribution in [0.15, 0.2) is 41.6 Å². The van der Waals surface area contributed by atoms with Gasteiger partial charge in [0.15, 0.2) is 0 Å². The summed E-state index contributed by atoms with van der Waals surface area (Å²) >= 11 is 0. The maximum absolute atomic E-state index is 10.9. The lowest BCUT2D eigenvalue weighted by Gasteiger charge is -2.02. The number of carbonyl (C=O) groups is 1. The summed E-state index contributed by atoms with van der Waals surface area (Å²) < 4.78 is 0. The Balaban J connectivity index is 2.06. The molecule has 1 aromatic carbocycles. The van der Waals surface area contributed by atoms with E-state index in [-0.39, 0.29) is 17.3 Å². The van der Waals surface area contributed by atoms with Gasteiger partial charge in [-0.15, -0.1) is 0 Å². The van der Waals surface area contributed by atoms with Gasteiger partial charge in [-0.05, 0) is 5.56 Å². The molecule has 7 nitrogen and oxygen atoms in total. The molecule has 1 amide bonds. The van der Waals surface area contributed by atoms with Crippen molar-refractivity contribution in [1.82, 2.24) is 9.97 Å². The molecule has 0 aliphatic rings. The van der Waals surface area contributed by atoms with E-state index >= 15 is 0 Å². The Kier molecular flexibility index (Phi) is 3.67. The number of rotatable bonds is 4. The van der Waals surface area contributed by atoms with Gasteiger partial charge in [0.05, 0.1) is 11.8 Å². The Morgan fingerprint density at radius 1 is 1.32 bits per heavy atom. The Morgan fingerprint density at radius 3 is 2.68 bits per heavy atom. The average molecular weight is 256 g/mol. The summed E-state index contributed by atoms with van der Waals surface area (Å²) in [6.45, 7) is 0. The fraction of sp³-hybridized carbons (Fsp3) is 0. The van der Waals surface area contributed by atoms with Crippen LogP contribution in [0, 0.1) is 0 Å². The largest absolute Gasteiger partial charge is 0.383 e. The van der Waals surface area contributed by atoms with Crippen LogP contribution in [-0.4, -0.2) is 22.1 Å². The smallest absolute Gasteiger partial charge is 0.254 e. The predicted molar refractivity (Wildman–Crippen MR) is 72.6 cm³/mol. The van der Waals surface area contributed by atoms with Crippen LogP contribution < -0.4 is 16.9 Å². The van der Waals surface area contributed by atoms with Crippen LogP contribution in [0.25, 0.3) is 0 Å². The fourth-order valence-electron chi connectivity index (χ4n) is 1.34. The van der Waals surface area contributed by atoms with Gasteiger partial charge in [-0.1, -0.05) is 30.3 Å². The zero-order valence-electron chi connectivity index (χ0n) is 9.95. The third kappa shape index (κ3) is 3.25. The van der Waals surface area contributed by atoms with Crippen molar-refractivity contribution in [3.63, 3.8) is 0 Å². The Labute approximate surface area is 109 Å².